The third-order valence-electron chi connectivity index (χ3n) is 4.78. The molecule has 10 nitrogen and oxygen atoms in total. The number of furan rings is 1. The number of carbonyl (C=O) groups is 2. The molecule has 0 saturated carbocycles. The van der Waals surface area contributed by atoms with Crippen molar-refractivity contribution in [2.75, 3.05) is 10.6 Å². The maximum atomic E-state index is 12.5. The van der Waals surface area contributed by atoms with Crippen molar-refractivity contribution in [1.82, 2.24) is 10.0 Å². The van der Waals surface area contributed by atoms with E-state index in [0.717, 1.165) is 0 Å². The predicted molar refractivity (Wildman–Crippen MR) is 122 cm³/mol. The molecule has 33 heavy (non-hydrogen) atoms. The van der Waals surface area contributed by atoms with Gasteiger partial charge in [0.15, 0.2) is 0 Å². The highest BCUT2D eigenvalue weighted by molar-refractivity contribution is 7.90. The number of hydrogen-bond donors (Lipinski definition) is 4. The van der Waals surface area contributed by atoms with Gasteiger partial charge in [-0.3, -0.25) is 14.5 Å². The number of urea groups is 1. The molecule has 0 unspecified atom stereocenters. The maximum absolute atomic E-state index is 12.5. The van der Waals surface area contributed by atoms with E-state index in [1.165, 1.54) is 12.3 Å². The van der Waals surface area contributed by atoms with E-state index in [9.17, 15) is 18.0 Å². The van der Waals surface area contributed by atoms with E-state index in [1.807, 2.05) is 0 Å². The smallest absolute Gasteiger partial charge is 0.319 e. The second-order valence-electron chi connectivity index (χ2n) is 7.21. The molecule has 1 aliphatic rings. The summed E-state index contributed by atoms with van der Waals surface area (Å²) in [7, 11) is -3.67. The lowest BCUT2D eigenvalue weighted by molar-refractivity contribution is -0.117. The number of amides is 3. The first kappa shape index (κ1) is 22.1. The number of nitrogens with zero attached hydrogens (tertiary/aromatic N) is 1. The van der Waals surface area contributed by atoms with E-state index in [1.54, 1.807) is 61.5 Å². The van der Waals surface area contributed by atoms with Crippen LogP contribution in [-0.4, -0.2) is 32.2 Å². The SMILES string of the molecule is C[C@H](N=C1NS(=O)(=O)c2ccccc21)C(=O)Nc1ccc(NC(=O)NCc2ccco2)cc1. The molecule has 1 atom stereocenters. The number of carbonyl (C=O) groups excluding carboxylic acids is 2. The second kappa shape index (κ2) is 9.17. The van der Waals surface area contributed by atoms with Crippen molar-refractivity contribution < 1.29 is 22.4 Å². The highest BCUT2D eigenvalue weighted by Gasteiger charge is 2.31. The number of hydrogen-bond acceptors (Lipinski definition) is 6. The first-order valence-electron chi connectivity index (χ1n) is 10.00. The normalized spacial score (nSPS) is 15.8. The van der Waals surface area contributed by atoms with Crippen molar-refractivity contribution >= 4 is 39.2 Å². The number of sulfonamides is 1. The molecule has 0 spiro atoms. The number of amidine groups is 1. The van der Waals surface area contributed by atoms with Crippen LogP contribution < -0.4 is 20.7 Å². The van der Waals surface area contributed by atoms with Gasteiger partial charge in [-0.2, -0.15) is 0 Å². The Morgan fingerprint density at radius 2 is 1.70 bits per heavy atom. The number of nitrogens with one attached hydrogen (secondary N) is 4. The topological polar surface area (TPSA) is 142 Å². The predicted octanol–water partition coefficient (Wildman–Crippen LogP) is 2.67. The van der Waals surface area contributed by atoms with Gasteiger partial charge >= 0.3 is 6.03 Å². The fourth-order valence-corrected chi connectivity index (χ4v) is 4.36. The molecule has 0 fully saturated rings. The molecule has 3 amide bonds. The highest BCUT2D eigenvalue weighted by atomic mass is 32.2. The standard InChI is InChI=1S/C22H21N5O5S/c1-14(24-20-18-6-2-3-7-19(18)33(30,31)27-20)21(28)25-15-8-10-16(11-9-15)26-22(29)23-13-17-5-4-12-32-17/h2-12,14H,13H2,1H3,(H,24,27)(H,25,28)(H2,23,26,29)/t14-/m0/s1. The Hall–Kier alpha value is -4.12. The molecule has 2 aromatic carbocycles. The van der Waals surface area contributed by atoms with E-state index >= 15 is 0 Å². The molecule has 1 aliphatic heterocycles. The van der Waals surface area contributed by atoms with Gasteiger partial charge in [-0.25, -0.2) is 13.2 Å². The van der Waals surface area contributed by atoms with Crippen LogP contribution in [0.3, 0.4) is 0 Å². The Morgan fingerprint density at radius 1 is 1.00 bits per heavy atom. The average molecular weight is 468 g/mol. The molecular weight excluding hydrogens is 446 g/mol. The molecule has 1 aromatic heterocycles. The van der Waals surface area contributed by atoms with Crippen molar-refractivity contribution in [1.29, 1.82) is 0 Å². The number of benzene rings is 2. The van der Waals surface area contributed by atoms with E-state index in [4.69, 9.17) is 4.42 Å². The molecule has 0 saturated heterocycles. The largest absolute Gasteiger partial charge is 0.467 e. The summed E-state index contributed by atoms with van der Waals surface area (Å²) < 4.78 is 31.9. The number of fused-ring (bicyclic) bond motifs is 1. The minimum Gasteiger partial charge on any atom is -0.467 e. The van der Waals surface area contributed by atoms with Crippen LogP contribution in [0.5, 0.6) is 0 Å². The van der Waals surface area contributed by atoms with Crippen LogP contribution in [-0.2, 0) is 21.4 Å². The van der Waals surface area contributed by atoms with Gasteiger partial charge in [0.25, 0.3) is 10.0 Å². The van der Waals surface area contributed by atoms with Crippen LogP contribution in [0.4, 0.5) is 16.2 Å². The van der Waals surface area contributed by atoms with Crippen LogP contribution >= 0.6 is 0 Å². The fraction of sp³-hybridized carbons (Fsp3) is 0.136. The average Bonchev–Trinajstić information content (AvgIpc) is 3.40. The molecule has 3 aromatic rings. The Bertz CT molecular complexity index is 1300. The molecule has 2 heterocycles. The van der Waals surface area contributed by atoms with E-state index in [-0.39, 0.29) is 17.3 Å². The van der Waals surface area contributed by atoms with Gasteiger partial charge in [-0.1, -0.05) is 12.1 Å². The Labute approximate surface area is 190 Å². The molecule has 4 N–H and O–H groups in total. The third-order valence-corrected chi connectivity index (χ3v) is 6.18. The first-order chi connectivity index (χ1) is 15.8. The van der Waals surface area contributed by atoms with Gasteiger partial charge in [-0.15, -0.1) is 0 Å². The quantitative estimate of drug-likeness (QED) is 0.441. The minimum atomic E-state index is -3.67. The minimum absolute atomic E-state index is 0.132. The van der Waals surface area contributed by atoms with Gasteiger partial charge < -0.3 is 20.4 Å². The van der Waals surface area contributed by atoms with Gasteiger partial charge in [0, 0.05) is 16.9 Å². The van der Waals surface area contributed by atoms with E-state index < -0.39 is 28.0 Å². The molecule has 0 bridgehead atoms. The van der Waals surface area contributed by atoms with Crippen LogP contribution in [0.2, 0.25) is 0 Å². The van der Waals surface area contributed by atoms with Crippen molar-refractivity contribution in [2.45, 2.75) is 24.4 Å². The molecule has 0 aliphatic carbocycles. The lowest BCUT2D eigenvalue weighted by Crippen LogP contribution is -2.29. The van der Waals surface area contributed by atoms with Gasteiger partial charge in [-0.05, 0) is 55.5 Å². The van der Waals surface area contributed by atoms with E-state index in [2.05, 4.69) is 25.7 Å². The van der Waals surface area contributed by atoms with Gasteiger partial charge in [0.1, 0.15) is 17.6 Å². The van der Waals surface area contributed by atoms with Crippen LogP contribution in [0, 0.1) is 0 Å². The van der Waals surface area contributed by atoms with Crippen molar-refractivity contribution in [2.24, 2.45) is 4.99 Å². The molecule has 170 valence electrons. The summed E-state index contributed by atoms with van der Waals surface area (Å²) in [5.74, 6) is 0.353. The summed E-state index contributed by atoms with van der Waals surface area (Å²) in [4.78, 5) is 28.9. The molecule has 4 rings (SSSR count). The lowest BCUT2D eigenvalue weighted by atomic mass is 10.2. The Balaban J connectivity index is 1.34. The monoisotopic (exact) mass is 467 g/mol. The summed E-state index contributed by atoms with van der Waals surface area (Å²) in [5.41, 5.74) is 1.47. The van der Waals surface area contributed by atoms with Gasteiger partial charge in [0.2, 0.25) is 5.91 Å². The van der Waals surface area contributed by atoms with Crippen LogP contribution in [0.1, 0.15) is 18.2 Å². The summed E-state index contributed by atoms with van der Waals surface area (Å²) in [6.45, 7) is 1.82. The summed E-state index contributed by atoms with van der Waals surface area (Å²) in [6.07, 6.45) is 1.53. The zero-order valence-corrected chi connectivity index (χ0v) is 18.3. The molecular formula is C22H21N5O5S. The first-order valence-corrected chi connectivity index (χ1v) is 11.5. The van der Waals surface area contributed by atoms with Crippen LogP contribution in [0.15, 0.2) is 81.2 Å². The number of anilines is 2. The maximum Gasteiger partial charge on any atom is 0.319 e. The van der Waals surface area contributed by atoms with Crippen molar-refractivity contribution in [3.63, 3.8) is 0 Å². The lowest BCUT2D eigenvalue weighted by Gasteiger charge is -2.11. The van der Waals surface area contributed by atoms with Crippen LogP contribution in [0.25, 0.3) is 0 Å². The number of rotatable bonds is 6. The summed E-state index contributed by atoms with van der Waals surface area (Å²) in [5, 5.41) is 8.07. The third kappa shape index (κ3) is 5.21. The molecule has 0 radical (unpaired) electrons. The molecule has 11 heteroatoms. The van der Waals surface area contributed by atoms with Crippen molar-refractivity contribution in [3.05, 3.63) is 78.3 Å². The zero-order chi connectivity index (χ0) is 23.4. The fourth-order valence-electron chi connectivity index (χ4n) is 3.12. The summed E-state index contributed by atoms with van der Waals surface area (Å²) in [6, 6.07) is 15.2. The Morgan fingerprint density at radius 3 is 2.39 bits per heavy atom. The highest BCUT2D eigenvalue weighted by Crippen LogP contribution is 2.23. The summed E-state index contributed by atoms with van der Waals surface area (Å²) >= 11 is 0. The Kier molecular flexibility index (Phi) is 6.13. The van der Waals surface area contributed by atoms with Gasteiger partial charge in [0.05, 0.1) is 17.7 Å². The zero-order valence-electron chi connectivity index (χ0n) is 17.5. The number of aliphatic imine (C=N–C) groups is 1. The van der Waals surface area contributed by atoms with E-state index in [0.29, 0.717) is 22.7 Å². The second-order valence-corrected chi connectivity index (χ2v) is 8.86. The van der Waals surface area contributed by atoms with Crippen molar-refractivity contribution in [3.8, 4) is 0 Å².